The van der Waals surface area contributed by atoms with Crippen molar-refractivity contribution < 1.29 is 45.3 Å². The van der Waals surface area contributed by atoms with Gasteiger partial charge in [0.2, 0.25) is 0 Å². The molecule has 0 aliphatic rings. The zero-order chi connectivity index (χ0) is 23.6. The van der Waals surface area contributed by atoms with Crippen molar-refractivity contribution in [1.29, 1.82) is 0 Å². The lowest BCUT2D eigenvalue weighted by Gasteiger charge is -2.17. The molecule has 1 N–H and O–H groups in total. The summed E-state index contributed by atoms with van der Waals surface area (Å²) in [5.41, 5.74) is -4.85. The molecule has 2 aromatic carbocycles. The van der Waals surface area contributed by atoms with Crippen LogP contribution in [0.4, 0.5) is 47.8 Å². The number of hydrogen-bond donors (Lipinski definition) is 1. The Labute approximate surface area is 167 Å². The van der Waals surface area contributed by atoms with E-state index in [0.29, 0.717) is 6.07 Å². The molecule has 2 aromatic rings. The molecule has 0 amide bonds. The topological polar surface area (TPSA) is 108 Å². The van der Waals surface area contributed by atoms with Crippen molar-refractivity contribution in [3.05, 3.63) is 67.8 Å². The molecule has 0 unspecified atom stereocenters. The third kappa shape index (κ3) is 5.70. The van der Waals surface area contributed by atoms with Crippen LogP contribution in [0.2, 0.25) is 0 Å². The van der Waals surface area contributed by atoms with Crippen molar-refractivity contribution in [2.24, 2.45) is 0 Å². The smallest absolute Gasteiger partial charge is 0.428 e. The van der Waals surface area contributed by atoms with Gasteiger partial charge in [0, 0.05) is 18.3 Å². The predicted molar refractivity (Wildman–Crippen MR) is 90.1 cm³/mol. The monoisotopic (exact) mass is 457 g/mol. The first kappa shape index (κ1) is 23.6. The van der Waals surface area contributed by atoms with Crippen LogP contribution in [0.15, 0.2) is 36.4 Å². The number of nitrogens with zero attached hydrogens (tertiary/aromatic N) is 2. The highest BCUT2D eigenvalue weighted by Gasteiger charge is 2.44. The average Bonchev–Trinajstić information content (AvgIpc) is 2.65. The Balaban J connectivity index is 2.32. The van der Waals surface area contributed by atoms with Crippen LogP contribution in [-0.2, 0) is 12.7 Å². The van der Waals surface area contributed by atoms with Gasteiger partial charge in [-0.05, 0) is 24.3 Å². The molecule has 0 aliphatic carbocycles. The molecule has 0 bridgehead atoms. The minimum Gasteiger partial charge on any atom is -0.428 e. The molecule has 168 valence electrons. The van der Waals surface area contributed by atoms with E-state index in [9.17, 15) is 51.0 Å². The highest BCUT2D eigenvalue weighted by Crippen LogP contribution is 2.39. The molecule has 8 nitrogen and oxygen atoms in total. The summed E-state index contributed by atoms with van der Waals surface area (Å²) >= 11 is 0. The number of non-ortho nitro benzene ring substituents is 1. The lowest BCUT2D eigenvalue weighted by Crippen LogP contribution is -2.33. The fourth-order valence-electron chi connectivity index (χ4n) is 2.38. The zero-order valence-corrected chi connectivity index (χ0v) is 14.8. The van der Waals surface area contributed by atoms with Gasteiger partial charge in [-0.3, -0.25) is 20.2 Å². The average molecular weight is 457 g/mol. The van der Waals surface area contributed by atoms with Crippen LogP contribution in [0.5, 0.6) is 5.75 Å². The van der Waals surface area contributed by atoms with Gasteiger partial charge >= 0.3 is 18.7 Å². The van der Waals surface area contributed by atoms with E-state index in [-0.39, 0.29) is 11.8 Å². The van der Waals surface area contributed by atoms with Crippen LogP contribution in [0.3, 0.4) is 0 Å². The maximum Gasteiger partial charge on any atom is 0.461 e. The fourth-order valence-corrected chi connectivity index (χ4v) is 2.38. The first-order chi connectivity index (χ1) is 14.2. The second-order valence-electron chi connectivity index (χ2n) is 5.85. The Morgan fingerprint density at radius 1 is 0.968 bits per heavy atom. The number of nitro benzene ring substituents is 2. The second-order valence-corrected chi connectivity index (χ2v) is 5.85. The van der Waals surface area contributed by atoms with Gasteiger partial charge in [0.05, 0.1) is 27.0 Å². The van der Waals surface area contributed by atoms with Crippen molar-refractivity contribution in [3.8, 4) is 5.75 Å². The Kier molecular flexibility index (Phi) is 6.56. The van der Waals surface area contributed by atoms with Crippen LogP contribution in [0.25, 0.3) is 0 Å². The van der Waals surface area contributed by atoms with Gasteiger partial charge in [-0.1, -0.05) is 0 Å². The lowest BCUT2D eigenvalue weighted by atomic mass is 10.0. The quantitative estimate of drug-likeness (QED) is 0.324. The number of benzene rings is 2. The molecule has 0 atom stereocenters. The second kappa shape index (κ2) is 8.61. The van der Waals surface area contributed by atoms with Gasteiger partial charge in [0.25, 0.3) is 11.4 Å². The molecule has 0 saturated heterocycles. The molecule has 0 fully saturated rings. The number of anilines is 1. The number of nitrogens with one attached hydrogen (secondary N) is 1. The number of ether oxygens (including phenoxy) is 1. The van der Waals surface area contributed by atoms with E-state index >= 15 is 0 Å². The highest BCUT2D eigenvalue weighted by atomic mass is 19.4. The molecule has 15 heteroatoms. The molecule has 0 aromatic heterocycles. The summed E-state index contributed by atoms with van der Waals surface area (Å²) in [6.45, 7) is -0.823. The van der Waals surface area contributed by atoms with Gasteiger partial charge < -0.3 is 10.1 Å². The predicted octanol–water partition coefficient (Wildman–Crippen LogP) is 5.37. The van der Waals surface area contributed by atoms with E-state index < -0.39 is 63.4 Å². The van der Waals surface area contributed by atoms with Gasteiger partial charge in [0.15, 0.2) is 0 Å². The molecule has 0 spiro atoms. The third-order valence-corrected chi connectivity index (χ3v) is 3.76. The third-order valence-electron chi connectivity index (χ3n) is 3.76. The molecule has 0 radical (unpaired) electrons. The van der Waals surface area contributed by atoms with E-state index in [4.69, 9.17) is 0 Å². The van der Waals surface area contributed by atoms with E-state index in [0.717, 1.165) is 24.3 Å². The molecule has 2 rings (SSSR count). The van der Waals surface area contributed by atoms with Crippen LogP contribution < -0.4 is 10.1 Å². The van der Waals surface area contributed by atoms with E-state index in [2.05, 4.69) is 10.1 Å². The standard InChI is InChI=1S/C16H10F7N3O5/c17-14(18)16(22,23)31-10-3-1-8(2-4-10)24-7-11-12(15(19,20)21)5-9(25(27)28)6-13(11)26(29)30/h1-6,14,24H,7H2. The molecule has 0 heterocycles. The summed E-state index contributed by atoms with van der Waals surface area (Å²) in [5.74, 6) is -0.673. The van der Waals surface area contributed by atoms with Gasteiger partial charge in [-0.25, -0.2) is 0 Å². The largest absolute Gasteiger partial charge is 0.461 e. The number of nitro groups is 2. The van der Waals surface area contributed by atoms with Crippen molar-refractivity contribution in [2.45, 2.75) is 25.3 Å². The number of rotatable bonds is 8. The number of alkyl halides is 7. The van der Waals surface area contributed by atoms with Gasteiger partial charge in [-0.15, -0.1) is 0 Å². The minimum absolute atomic E-state index is 0.0338. The van der Waals surface area contributed by atoms with Gasteiger partial charge in [-0.2, -0.15) is 30.7 Å². The molecule has 0 saturated carbocycles. The Bertz CT molecular complexity index is 981. The van der Waals surface area contributed by atoms with Crippen molar-refractivity contribution in [3.63, 3.8) is 0 Å². The Hall–Kier alpha value is -3.65. The summed E-state index contributed by atoms with van der Waals surface area (Å²) < 4.78 is 93.7. The van der Waals surface area contributed by atoms with Gasteiger partial charge in [0.1, 0.15) is 5.75 Å². The Morgan fingerprint density at radius 2 is 1.55 bits per heavy atom. The van der Waals surface area contributed by atoms with Crippen molar-refractivity contribution >= 4 is 17.1 Å². The first-order valence-electron chi connectivity index (χ1n) is 7.94. The number of halogens is 7. The van der Waals surface area contributed by atoms with E-state index in [1.807, 2.05) is 0 Å². The van der Waals surface area contributed by atoms with Crippen LogP contribution in [-0.4, -0.2) is 22.4 Å². The zero-order valence-electron chi connectivity index (χ0n) is 14.8. The normalized spacial score (nSPS) is 12.0. The highest BCUT2D eigenvalue weighted by molar-refractivity contribution is 5.57. The summed E-state index contributed by atoms with van der Waals surface area (Å²) in [6.07, 6.45) is -14.0. The molecule has 31 heavy (non-hydrogen) atoms. The van der Waals surface area contributed by atoms with Crippen LogP contribution >= 0.6 is 0 Å². The SMILES string of the molecule is O=[N+]([O-])c1cc([N+](=O)[O-])c(CNc2ccc(OC(F)(F)C(F)F)cc2)c(C(F)(F)F)c1. The summed E-state index contributed by atoms with van der Waals surface area (Å²) in [5, 5.41) is 24.3. The molecular formula is C16H10F7N3O5. The number of hydrogen-bond acceptors (Lipinski definition) is 6. The van der Waals surface area contributed by atoms with Crippen LogP contribution in [0, 0.1) is 20.2 Å². The van der Waals surface area contributed by atoms with E-state index in [1.54, 1.807) is 0 Å². The lowest BCUT2D eigenvalue weighted by molar-refractivity contribution is -0.395. The summed E-state index contributed by atoms with van der Waals surface area (Å²) in [7, 11) is 0. The maximum atomic E-state index is 13.3. The minimum atomic E-state index is -5.16. The van der Waals surface area contributed by atoms with Crippen molar-refractivity contribution in [1.82, 2.24) is 0 Å². The molecule has 0 aliphatic heterocycles. The summed E-state index contributed by atoms with van der Waals surface area (Å²) in [6, 6.07) is 4.12. The summed E-state index contributed by atoms with van der Waals surface area (Å²) in [4.78, 5) is 19.5. The molecular weight excluding hydrogens is 447 g/mol. The first-order valence-corrected chi connectivity index (χ1v) is 7.94. The maximum absolute atomic E-state index is 13.3. The van der Waals surface area contributed by atoms with Crippen LogP contribution in [0.1, 0.15) is 11.1 Å². The van der Waals surface area contributed by atoms with E-state index in [1.165, 1.54) is 0 Å². The van der Waals surface area contributed by atoms with Crippen molar-refractivity contribution in [2.75, 3.05) is 5.32 Å². The fraction of sp³-hybridized carbons (Fsp3) is 0.250. The Morgan fingerprint density at radius 3 is 2.00 bits per heavy atom.